The third-order valence-corrected chi connectivity index (χ3v) is 5.91. The maximum Gasteiger partial charge on any atom is 0.331 e. The van der Waals surface area contributed by atoms with Gasteiger partial charge in [-0.2, -0.15) is 0 Å². The van der Waals surface area contributed by atoms with Crippen LogP contribution in [0.3, 0.4) is 0 Å². The van der Waals surface area contributed by atoms with Crippen LogP contribution in [0.1, 0.15) is 23.6 Å². The van der Waals surface area contributed by atoms with E-state index in [0.29, 0.717) is 34.7 Å². The molecule has 0 unspecified atom stereocenters. The standard InChI is InChI=1S/C29H26FN3O6/c1-18(34)31-23-8-10-24(11-9-23)39-17-21-15-20(5-12-26(21)38-2)16-25-27(35)32-29(37)33(28(25)36)14-13-19-3-6-22(30)7-4-19/h3-12,15-16H,13-14,17H2,1-2H3,(H,31,34)(H,32,35,37). The van der Waals surface area contributed by atoms with E-state index in [1.165, 1.54) is 32.2 Å². The van der Waals surface area contributed by atoms with Crippen LogP contribution < -0.4 is 20.1 Å². The summed E-state index contributed by atoms with van der Waals surface area (Å²) in [5, 5.41) is 4.88. The number of ether oxygens (including phenoxy) is 2. The summed E-state index contributed by atoms with van der Waals surface area (Å²) in [5.74, 6) is -0.973. The minimum absolute atomic E-state index is 0.0172. The third kappa shape index (κ3) is 6.86. The van der Waals surface area contributed by atoms with E-state index in [-0.39, 0.29) is 30.4 Å². The molecule has 5 amide bonds. The normalized spacial score (nSPS) is 14.3. The summed E-state index contributed by atoms with van der Waals surface area (Å²) in [6, 6.07) is 16.9. The van der Waals surface area contributed by atoms with E-state index >= 15 is 0 Å². The molecule has 3 aromatic rings. The zero-order valence-electron chi connectivity index (χ0n) is 21.3. The maximum atomic E-state index is 13.2. The number of urea groups is 1. The largest absolute Gasteiger partial charge is 0.496 e. The van der Waals surface area contributed by atoms with E-state index < -0.39 is 17.8 Å². The van der Waals surface area contributed by atoms with Crippen LogP contribution in [-0.4, -0.2) is 42.3 Å². The number of benzene rings is 3. The van der Waals surface area contributed by atoms with Crippen molar-refractivity contribution < 1.29 is 33.0 Å². The second-order valence-corrected chi connectivity index (χ2v) is 8.72. The van der Waals surface area contributed by atoms with Crippen LogP contribution in [0.5, 0.6) is 11.5 Å². The molecule has 0 aromatic heterocycles. The Balaban J connectivity index is 1.49. The topological polar surface area (TPSA) is 114 Å². The van der Waals surface area contributed by atoms with Crippen LogP contribution in [-0.2, 0) is 27.4 Å². The monoisotopic (exact) mass is 531 g/mol. The number of carbonyl (C=O) groups excluding carboxylic acids is 4. The average Bonchev–Trinajstić information content (AvgIpc) is 2.91. The number of nitrogens with zero attached hydrogens (tertiary/aromatic N) is 1. The minimum atomic E-state index is -0.808. The van der Waals surface area contributed by atoms with Crippen LogP contribution >= 0.6 is 0 Å². The van der Waals surface area contributed by atoms with Gasteiger partial charge in [0.1, 0.15) is 29.5 Å². The van der Waals surface area contributed by atoms with E-state index in [0.717, 1.165) is 10.5 Å². The van der Waals surface area contributed by atoms with Gasteiger partial charge in [-0.05, 0) is 72.2 Å². The van der Waals surface area contributed by atoms with Crippen molar-refractivity contribution in [3.05, 3.63) is 94.8 Å². The van der Waals surface area contributed by atoms with Gasteiger partial charge in [0.05, 0.1) is 7.11 Å². The van der Waals surface area contributed by atoms with Crippen molar-refractivity contribution in [2.24, 2.45) is 0 Å². The number of carbonyl (C=O) groups is 4. The van der Waals surface area contributed by atoms with Gasteiger partial charge in [0, 0.05) is 24.7 Å². The van der Waals surface area contributed by atoms with Gasteiger partial charge in [-0.3, -0.25) is 24.6 Å². The molecule has 1 aliphatic heterocycles. The fourth-order valence-corrected chi connectivity index (χ4v) is 3.96. The molecule has 1 aliphatic rings. The highest BCUT2D eigenvalue weighted by Crippen LogP contribution is 2.25. The van der Waals surface area contributed by atoms with E-state index in [4.69, 9.17) is 9.47 Å². The van der Waals surface area contributed by atoms with Crippen LogP contribution in [0, 0.1) is 5.82 Å². The maximum absolute atomic E-state index is 13.2. The lowest BCUT2D eigenvalue weighted by Crippen LogP contribution is -2.54. The molecule has 0 bridgehead atoms. The number of hydrogen-bond donors (Lipinski definition) is 2. The Bertz CT molecular complexity index is 1430. The molecule has 10 heteroatoms. The molecule has 1 saturated heterocycles. The van der Waals surface area contributed by atoms with Crippen molar-refractivity contribution in [3.63, 3.8) is 0 Å². The molecule has 2 N–H and O–H groups in total. The fraction of sp³-hybridized carbons (Fsp3) is 0.172. The number of halogens is 1. The Morgan fingerprint density at radius 2 is 1.74 bits per heavy atom. The molecule has 0 aliphatic carbocycles. The predicted octanol–water partition coefficient (Wildman–Crippen LogP) is 4.08. The Kier molecular flexibility index (Phi) is 8.35. The first kappa shape index (κ1) is 27.1. The SMILES string of the molecule is COc1ccc(C=C2C(=O)NC(=O)N(CCc3ccc(F)cc3)C2=O)cc1COc1ccc(NC(C)=O)cc1. The van der Waals surface area contributed by atoms with Gasteiger partial charge < -0.3 is 14.8 Å². The lowest BCUT2D eigenvalue weighted by molar-refractivity contribution is -0.130. The summed E-state index contributed by atoms with van der Waals surface area (Å²) in [6.07, 6.45) is 1.71. The molecule has 0 spiro atoms. The fourth-order valence-electron chi connectivity index (χ4n) is 3.96. The van der Waals surface area contributed by atoms with Gasteiger partial charge >= 0.3 is 6.03 Å². The molecule has 4 rings (SSSR count). The molecule has 1 fully saturated rings. The minimum Gasteiger partial charge on any atom is -0.496 e. The van der Waals surface area contributed by atoms with Gasteiger partial charge in [-0.25, -0.2) is 9.18 Å². The van der Waals surface area contributed by atoms with Crippen LogP contribution in [0.2, 0.25) is 0 Å². The number of methoxy groups -OCH3 is 1. The molecule has 0 atom stereocenters. The first-order chi connectivity index (χ1) is 18.7. The highest BCUT2D eigenvalue weighted by atomic mass is 19.1. The van der Waals surface area contributed by atoms with Crippen LogP contribution in [0.15, 0.2) is 72.3 Å². The second-order valence-electron chi connectivity index (χ2n) is 8.72. The van der Waals surface area contributed by atoms with Gasteiger partial charge in [-0.15, -0.1) is 0 Å². The number of barbiturate groups is 1. The molecular weight excluding hydrogens is 505 g/mol. The Morgan fingerprint density at radius 1 is 1.03 bits per heavy atom. The van der Waals surface area contributed by atoms with Crippen molar-refractivity contribution in [2.45, 2.75) is 20.0 Å². The summed E-state index contributed by atoms with van der Waals surface area (Å²) >= 11 is 0. The zero-order chi connectivity index (χ0) is 27.9. The summed E-state index contributed by atoms with van der Waals surface area (Å²) in [5.41, 5.74) is 2.37. The molecule has 3 aromatic carbocycles. The lowest BCUT2D eigenvalue weighted by Gasteiger charge is -2.26. The summed E-state index contributed by atoms with van der Waals surface area (Å²) < 4.78 is 24.5. The number of amides is 5. The van der Waals surface area contributed by atoms with Gasteiger partial charge in [0.2, 0.25) is 5.91 Å². The van der Waals surface area contributed by atoms with Crippen molar-refractivity contribution >= 4 is 35.5 Å². The van der Waals surface area contributed by atoms with Gasteiger partial charge in [0.25, 0.3) is 11.8 Å². The predicted molar refractivity (Wildman–Crippen MR) is 141 cm³/mol. The molecule has 0 saturated carbocycles. The average molecular weight is 532 g/mol. The Morgan fingerprint density at radius 3 is 2.41 bits per heavy atom. The van der Waals surface area contributed by atoms with Crippen LogP contribution in [0.4, 0.5) is 14.9 Å². The Labute approximate surface area is 224 Å². The Hall–Kier alpha value is -4.99. The molecule has 1 heterocycles. The van der Waals surface area contributed by atoms with Crippen molar-refractivity contribution in [1.82, 2.24) is 10.2 Å². The van der Waals surface area contributed by atoms with E-state index in [1.54, 1.807) is 54.6 Å². The lowest BCUT2D eigenvalue weighted by atomic mass is 10.0. The van der Waals surface area contributed by atoms with Crippen molar-refractivity contribution in [1.29, 1.82) is 0 Å². The first-order valence-corrected chi connectivity index (χ1v) is 12.0. The molecule has 9 nitrogen and oxygen atoms in total. The number of hydrogen-bond acceptors (Lipinski definition) is 6. The highest BCUT2D eigenvalue weighted by Gasteiger charge is 2.35. The van der Waals surface area contributed by atoms with Gasteiger partial charge in [0.15, 0.2) is 0 Å². The molecule has 200 valence electrons. The summed E-state index contributed by atoms with van der Waals surface area (Å²) in [4.78, 5) is 50.1. The van der Waals surface area contributed by atoms with Crippen molar-refractivity contribution in [2.75, 3.05) is 19.0 Å². The number of nitrogens with one attached hydrogen (secondary N) is 2. The number of imide groups is 2. The molecule has 39 heavy (non-hydrogen) atoms. The van der Waals surface area contributed by atoms with Crippen molar-refractivity contribution in [3.8, 4) is 11.5 Å². The van der Waals surface area contributed by atoms with E-state index in [1.807, 2.05) is 0 Å². The van der Waals surface area contributed by atoms with E-state index in [2.05, 4.69) is 10.6 Å². The number of rotatable bonds is 9. The highest BCUT2D eigenvalue weighted by molar-refractivity contribution is 6.31. The quantitative estimate of drug-likeness (QED) is 0.318. The first-order valence-electron chi connectivity index (χ1n) is 12.0. The summed E-state index contributed by atoms with van der Waals surface area (Å²) in [6.45, 7) is 1.57. The molecular formula is C29H26FN3O6. The van der Waals surface area contributed by atoms with Crippen LogP contribution in [0.25, 0.3) is 6.08 Å². The summed E-state index contributed by atoms with van der Waals surface area (Å²) in [7, 11) is 1.52. The smallest absolute Gasteiger partial charge is 0.331 e. The third-order valence-electron chi connectivity index (χ3n) is 5.91. The second kappa shape index (κ2) is 12.0. The van der Waals surface area contributed by atoms with E-state index in [9.17, 15) is 23.6 Å². The number of anilines is 1. The molecule has 0 radical (unpaired) electrons. The van der Waals surface area contributed by atoms with Gasteiger partial charge in [-0.1, -0.05) is 18.2 Å². The zero-order valence-corrected chi connectivity index (χ0v) is 21.3.